The van der Waals surface area contributed by atoms with E-state index in [1.54, 1.807) is 0 Å². The van der Waals surface area contributed by atoms with Gasteiger partial charge in [-0.2, -0.15) is 0 Å². The third kappa shape index (κ3) is 4.21. The maximum atomic E-state index is 13.5. The fraction of sp³-hybridized carbons (Fsp3) is 0.538. The zero-order chi connectivity index (χ0) is 13.1. The topological polar surface area (TPSA) is 18.5 Å². The molecule has 0 saturated carbocycles. The van der Waals surface area contributed by atoms with E-state index in [1.165, 1.54) is 7.11 Å². The Morgan fingerprint density at radius 2 is 1.65 bits per heavy atom. The summed E-state index contributed by atoms with van der Waals surface area (Å²) in [4.78, 5) is 0. The van der Waals surface area contributed by atoms with Gasteiger partial charge in [-0.25, -0.2) is 8.78 Å². The molecule has 0 aromatic heterocycles. The van der Waals surface area contributed by atoms with Gasteiger partial charge in [0.25, 0.3) is 0 Å². The minimum Gasteiger partial charge on any atom is -0.497 e. The summed E-state index contributed by atoms with van der Waals surface area (Å²) in [5.41, 5.74) is 0.0689. The summed E-state index contributed by atoms with van der Waals surface area (Å²) in [6.45, 7) is 6.40. The summed E-state index contributed by atoms with van der Waals surface area (Å²) < 4.78 is 36.8. The van der Waals surface area contributed by atoms with Crippen molar-refractivity contribution in [2.24, 2.45) is 5.41 Å². The van der Waals surface area contributed by atoms with E-state index in [1.807, 2.05) is 20.8 Å². The van der Waals surface area contributed by atoms with E-state index >= 15 is 0 Å². The smallest absolute Gasteiger partial charge is 0.190 e. The minimum absolute atomic E-state index is 0.0689. The van der Waals surface area contributed by atoms with Crippen LogP contribution in [0.3, 0.4) is 0 Å². The average Bonchev–Trinajstić information content (AvgIpc) is 2.20. The van der Waals surface area contributed by atoms with Crippen LogP contribution in [0, 0.1) is 17.0 Å². The van der Waals surface area contributed by atoms with Gasteiger partial charge in [-0.1, -0.05) is 20.8 Å². The number of hydrogen-bond donors (Lipinski definition) is 0. The highest BCUT2D eigenvalue weighted by molar-refractivity contribution is 5.34. The second kappa shape index (κ2) is 5.34. The molecule has 0 aliphatic rings. The quantitative estimate of drug-likeness (QED) is 0.802. The zero-order valence-electron chi connectivity index (χ0n) is 10.6. The van der Waals surface area contributed by atoms with Crippen molar-refractivity contribution >= 4 is 0 Å². The van der Waals surface area contributed by atoms with E-state index in [9.17, 15) is 8.78 Å². The zero-order valence-corrected chi connectivity index (χ0v) is 10.6. The van der Waals surface area contributed by atoms with Gasteiger partial charge in [0.05, 0.1) is 13.7 Å². The molecule has 0 aliphatic carbocycles. The number of halogens is 2. The third-order valence-corrected chi connectivity index (χ3v) is 2.31. The number of benzene rings is 1. The Morgan fingerprint density at radius 1 is 1.12 bits per heavy atom. The van der Waals surface area contributed by atoms with E-state index < -0.39 is 11.6 Å². The maximum absolute atomic E-state index is 13.5. The highest BCUT2D eigenvalue weighted by Crippen LogP contribution is 2.28. The van der Waals surface area contributed by atoms with Gasteiger partial charge in [-0.3, -0.25) is 0 Å². The van der Waals surface area contributed by atoms with Gasteiger partial charge in [0, 0.05) is 12.1 Å². The lowest BCUT2D eigenvalue weighted by atomic mass is 9.93. The summed E-state index contributed by atoms with van der Waals surface area (Å²) in [5, 5.41) is 0. The van der Waals surface area contributed by atoms with Gasteiger partial charge in [0.15, 0.2) is 17.4 Å². The van der Waals surface area contributed by atoms with Crippen molar-refractivity contribution in [2.45, 2.75) is 27.2 Å². The lowest BCUT2D eigenvalue weighted by Gasteiger charge is -2.18. The van der Waals surface area contributed by atoms with Crippen LogP contribution in [0.15, 0.2) is 12.1 Å². The first kappa shape index (κ1) is 13.7. The highest BCUT2D eigenvalue weighted by atomic mass is 19.1. The second-order valence-corrected chi connectivity index (χ2v) is 5.08. The fourth-order valence-corrected chi connectivity index (χ4v) is 1.25. The molecule has 0 heterocycles. The Morgan fingerprint density at radius 3 is 2.06 bits per heavy atom. The first-order valence-electron chi connectivity index (χ1n) is 5.49. The standard InChI is InChI=1S/C13H18F2O2/c1-13(2,3)5-6-17-12-10(14)7-9(16-4)8-11(12)15/h7-8H,5-6H2,1-4H3. The van der Waals surface area contributed by atoms with Crippen molar-refractivity contribution in [1.29, 1.82) is 0 Å². The Hall–Kier alpha value is -1.32. The SMILES string of the molecule is COc1cc(F)c(OCCC(C)(C)C)c(F)c1. The third-order valence-electron chi connectivity index (χ3n) is 2.31. The number of rotatable bonds is 4. The molecule has 0 bridgehead atoms. The van der Waals surface area contributed by atoms with E-state index in [-0.39, 0.29) is 23.5 Å². The Kier molecular flexibility index (Phi) is 4.32. The van der Waals surface area contributed by atoms with Crippen molar-refractivity contribution in [3.8, 4) is 11.5 Å². The molecule has 0 spiro atoms. The van der Waals surface area contributed by atoms with Crippen LogP contribution in [-0.4, -0.2) is 13.7 Å². The molecule has 0 saturated heterocycles. The molecule has 0 amide bonds. The molecule has 0 aliphatic heterocycles. The van der Waals surface area contributed by atoms with Crippen molar-refractivity contribution in [2.75, 3.05) is 13.7 Å². The molecule has 0 atom stereocenters. The predicted molar refractivity (Wildman–Crippen MR) is 62.5 cm³/mol. The maximum Gasteiger partial charge on any atom is 0.190 e. The van der Waals surface area contributed by atoms with Crippen molar-refractivity contribution < 1.29 is 18.3 Å². The van der Waals surface area contributed by atoms with Gasteiger partial charge in [-0.05, 0) is 11.8 Å². The summed E-state index contributed by atoms with van der Waals surface area (Å²) >= 11 is 0. The predicted octanol–water partition coefficient (Wildman–Crippen LogP) is 3.79. The van der Waals surface area contributed by atoms with Gasteiger partial charge >= 0.3 is 0 Å². The molecule has 0 N–H and O–H groups in total. The first-order chi connectivity index (χ1) is 7.83. The normalized spacial score (nSPS) is 11.4. The van der Waals surface area contributed by atoms with Gasteiger partial charge in [0.2, 0.25) is 0 Å². The van der Waals surface area contributed by atoms with Crippen LogP contribution in [0.4, 0.5) is 8.78 Å². The Balaban J connectivity index is 2.72. The largest absolute Gasteiger partial charge is 0.497 e. The molecular weight excluding hydrogens is 226 g/mol. The van der Waals surface area contributed by atoms with Gasteiger partial charge in [0.1, 0.15) is 5.75 Å². The summed E-state index contributed by atoms with van der Waals surface area (Å²) in [5.74, 6) is -1.68. The van der Waals surface area contributed by atoms with E-state index in [2.05, 4.69) is 0 Å². The molecule has 4 heteroatoms. The van der Waals surface area contributed by atoms with Crippen molar-refractivity contribution in [1.82, 2.24) is 0 Å². The lowest BCUT2D eigenvalue weighted by Crippen LogP contribution is -2.12. The number of hydrogen-bond acceptors (Lipinski definition) is 2. The molecule has 0 fully saturated rings. The monoisotopic (exact) mass is 244 g/mol. The highest BCUT2D eigenvalue weighted by Gasteiger charge is 2.15. The van der Waals surface area contributed by atoms with Crippen LogP contribution in [-0.2, 0) is 0 Å². The van der Waals surface area contributed by atoms with E-state index in [0.717, 1.165) is 18.6 Å². The van der Waals surface area contributed by atoms with Gasteiger partial charge < -0.3 is 9.47 Å². The minimum atomic E-state index is -0.740. The fourth-order valence-electron chi connectivity index (χ4n) is 1.25. The summed E-state index contributed by atoms with van der Waals surface area (Å²) in [6.07, 6.45) is 0.720. The lowest BCUT2D eigenvalue weighted by molar-refractivity contribution is 0.226. The molecule has 0 unspecified atom stereocenters. The van der Waals surface area contributed by atoms with Crippen LogP contribution in [0.2, 0.25) is 0 Å². The molecule has 2 nitrogen and oxygen atoms in total. The summed E-state index contributed by atoms with van der Waals surface area (Å²) in [7, 11) is 1.36. The Labute approximate surface area is 101 Å². The molecule has 17 heavy (non-hydrogen) atoms. The number of methoxy groups -OCH3 is 1. The Bertz CT molecular complexity index is 360. The van der Waals surface area contributed by atoms with Crippen LogP contribution in [0.25, 0.3) is 0 Å². The molecule has 1 aromatic carbocycles. The molecule has 1 rings (SSSR count). The second-order valence-electron chi connectivity index (χ2n) is 5.08. The average molecular weight is 244 g/mol. The van der Waals surface area contributed by atoms with Crippen LogP contribution in [0.5, 0.6) is 11.5 Å². The van der Waals surface area contributed by atoms with E-state index in [0.29, 0.717) is 0 Å². The molecule has 1 aromatic rings. The molecule has 96 valence electrons. The van der Waals surface area contributed by atoms with E-state index in [4.69, 9.17) is 9.47 Å². The van der Waals surface area contributed by atoms with Crippen molar-refractivity contribution in [3.63, 3.8) is 0 Å². The number of ether oxygens (including phenoxy) is 2. The van der Waals surface area contributed by atoms with Crippen molar-refractivity contribution in [3.05, 3.63) is 23.8 Å². The summed E-state index contributed by atoms with van der Waals surface area (Å²) in [6, 6.07) is 2.21. The van der Waals surface area contributed by atoms with Crippen LogP contribution >= 0.6 is 0 Å². The van der Waals surface area contributed by atoms with Crippen LogP contribution < -0.4 is 9.47 Å². The first-order valence-corrected chi connectivity index (χ1v) is 5.49. The molecule has 0 radical (unpaired) electrons. The molecular formula is C13H18F2O2. The van der Waals surface area contributed by atoms with Gasteiger partial charge in [-0.15, -0.1) is 0 Å². The van der Waals surface area contributed by atoms with Crippen LogP contribution in [0.1, 0.15) is 27.2 Å².